The Labute approximate surface area is 238 Å². The molecule has 0 aromatic heterocycles. The van der Waals surface area contributed by atoms with Gasteiger partial charge in [-0.1, -0.05) is 50.3 Å². The second-order valence-electron chi connectivity index (χ2n) is 10.00. The van der Waals surface area contributed by atoms with Gasteiger partial charge in [0.05, 0.1) is 32.0 Å². The van der Waals surface area contributed by atoms with E-state index in [0.29, 0.717) is 24.9 Å². The van der Waals surface area contributed by atoms with Crippen molar-refractivity contribution in [3.8, 4) is 0 Å². The minimum Gasteiger partial charge on any atom is -0.466 e. The van der Waals surface area contributed by atoms with E-state index in [-0.39, 0.29) is 13.2 Å². The molecular weight excluding hydrogens is 539 g/mol. The van der Waals surface area contributed by atoms with Crippen molar-refractivity contribution in [2.75, 3.05) is 21.0 Å². The van der Waals surface area contributed by atoms with E-state index in [9.17, 15) is 14.4 Å². The Balaban J connectivity index is 2.31. The lowest BCUT2D eigenvalue weighted by Crippen LogP contribution is -2.63. The van der Waals surface area contributed by atoms with Gasteiger partial charge in [-0.25, -0.2) is 4.79 Å². The first-order valence-corrected chi connectivity index (χ1v) is 13.4. The number of benzene rings is 1. The molecule has 40 heavy (non-hydrogen) atoms. The summed E-state index contributed by atoms with van der Waals surface area (Å²) in [5, 5.41) is 0. The second-order valence-corrected chi connectivity index (χ2v) is 10.3. The predicted octanol–water partition coefficient (Wildman–Crippen LogP) is 4.08. The summed E-state index contributed by atoms with van der Waals surface area (Å²) in [6, 6.07) is 9.75. The van der Waals surface area contributed by atoms with E-state index in [2.05, 4.69) is 9.47 Å². The van der Waals surface area contributed by atoms with Gasteiger partial charge in [-0.15, -0.1) is 0 Å². The molecule has 0 radical (unpaired) electrons. The number of rotatable bonds is 15. The minimum absolute atomic E-state index is 0.0552. The Morgan fingerprint density at radius 2 is 1.93 bits per heavy atom. The summed E-state index contributed by atoms with van der Waals surface area (Å²) in [4.78, 5) is 35.7. The van der Waals surface area contributed by atoms with Crippen LogP contribution in [0.4, 0.5) is 0 Å². The Bertz CT molecular complexity index is 1020. The number of methoxy groups -OCH3 is 2. The zero-order chi connectivity index (χ0) is 29.8. The van der Waals surface area contributed by atoms with Gasteiger partial charge in [0.25, 0.3) is 0 Å². The smallest absolute Gasteiger partial charge is 0.330 e. The van der Waals surface area contributed by atoms with Gasteiger partial charge in [0.2, 0.25) is 5.79 Å². The first-order chi connectivity index (χ1) is 19.0. The normalized spacial score (nSPS) is 24.0. The second kappa shape index (κ2) is 16.1. The van der Waals surface area contributed by atoms with E-state index in [1.165, 1.54) is 33.3 Å². The highest BCUT2D eigenvalue weighted by molar-refractivity contribution is 7.09. The summed E-state index contributed by atoms with van der Waals surface area (Å²) in [7, 11) is 4.93. The molecule has 1 aliphatic rings. The van der Waals surface area contributed by atoms with Crippen LogP contribution in [0.3, 0.4) is 0 Å². The quantitative estimate of drug-likeness (QED) is 0.0751. The number of ether oxygens (including phenoxy) is 6. The summed E-state index contributed by atoms with van der Waals surface area (Å²) in [5.41, 5.74) is 0.471. The van der Waals surface area contributed by atoms with Crippen molar-refractivity contribution in [3.05, 3.63) is 59.7 Å². The lowest BCUT2D eigenvalue weighted by molar-refractivity contribution is -0.338. The van der Waals surface area contributed by atoms with E-state index in [4.69, 9.17) is 32.9 Å². The molecule has 0 saturated carbocycles. The third-order valence-corrected chi connectivity index (χ3v) is 7.14. The van der Waals surface area contributed by atoms with Crippen LogP contribution in [0.25, 0.3) is 0 Å². The predicted molar refractivity (Wildman–Crippen MR) is 150 cm³/mol. The highest BCUT2D eigenvalue weighted by atomic mass is 31.0. The summed E-state index contributed by atoms with van der Waals surface area (Å²) in [5.74, 6) is -2.82. The molecule has 1 aliphatic heterocycles. The molecule has 2 rings (SSSR count). The van der Waals surface area contributed by atoms with Crippen LogP contribution < -0.4 is 0 Å². The molecule has 10 nitrogen and oxygen atoms in total. The molecular formula is C29H41O10P. The maximum atomic E-state index is 12.3. The first-order valence-electron chi connectivity index (χ1n) is 12.9. The van der Waals surface area contributed by atoms with Crippen molar-refractivity contribution in [3.63, 3.8) is 0 Å². The molecule has 222 valence electrons. The standard InChI is InChI=1S/C29H41O10P/c1-20(36-19-35-18-22-11-8-7-9-12-22)25(39-40)17-24-15-23(16-26(32)33-5)27(37-21(2)31)29(34-6,38-24)28(3,4)13-10-14-30/h7-14,16,20,24-25,27H,15,17-19,40H2,1-6H3/b13-10+,23-16+/t20-,24+,25-,27+,29-/m1/s1. The van der Waals surface area contributed by atoms with Crippen molar-refractivity contribution in [2.45, 2.75) is 77.3 Å². The number of hydrogen-bond donors (Lipinski definition) is 0. The van der Waals surface area contributed by atoms with Gasteiger partial charge in [0, 0.05) is 41.4 Å². The molecule has 1 unspecified atom stereocenters. The lowest BCUT2D eigenvalue weighted by atomic mass is 9.74. The average Bonchev–Trinajstić information content (AvgIpc) is 2.94. The lowest BCUT2D eigenvalue weighted by Gasteiger charge is -2.53. The number of carbonyl (C=O) groups is 3. The van der Waals surface area contributed by atoms with Gasteiger partial charge in [0.1, 0.15) is 13.1 Å². The third kappa shape index (κ3) is 9.03. The van der Waals surface area contributed by atoms with Crippen LogP contribution in [-0.2, 0) is 53.9 Å². The zero-order valence-electron chi connectivity index (χ0n) is 24.0. The van der Waals surface area contributed by atoms with Gasteiger partial charge in [-0.05, 0) is 30.6 Å². The van der Waals surface area contributed by atoms with Crippen LogP contribution in [0.15, 0.2) is 54.1 Å². The van der Waals surface area contributed by atoms with Crippen molar-refractivity contribution in [1.29, 1.82) is 0 Å². The maximum absolute atomic E-state index is 12.3. The number of hydrogen-bond acceptors (Lipinski definition) is 10. The largest absolute Gasteiger partial charge is 0.466 e. The van der Waals surface area contributed by atoms with Gasteiger partial charge in [-0.2, -0.15) is 0 Å². The Hall–Kier alpha value is -2.46. The van der Waals surface area contributed by atoms with E-state index < -0.39 is 47.6 Å². The highest BCUT2D eigenvalue weighted by Crippen LogP contribution is 2.48. The average molecular weight is 581 g/mol. The van der Waals surface area contributed by atoms with Crippen LogP contribution in [0.2, 0.25) is 0 Å². The van der Waals surface area contributed by atoms with Crippen LogP contribution in [0.1, 0.15) is 46.1 Å². The Kier molecular flexibility index (Phi) is 13.6. The molecule has 0 aliphatic carbocycles. The van der Waals surface area contributed by atoms with Crippen molar-refractivity contribution in [2.24, 2.45) is 5.41 Å². The molecule has 1 aromatic carbocycles. The van der Waals surface area contributed by atoms with Crippen LogP contribution >= 0.6 is 9.47 Å². The van der Waals surface area contributed by atoms with Gasteiger partial charge in [0.15, 0.2) is 6.10 Å². The number of carbonyl (C=O) groups excluding carboxylic acids is 3. The molecule has 11 heteroatoms. The summed E-state index contributed by atoms with van der Waals surface area (Å²) >= 11 is 0. The van der Waals surface area contributed by atoms with Gasteiger partial charge in [-0.3, -0.25) is 9.59 Å². The van der Waals surface area contributed by atoms with Gasteiger partial charge >= 0.3 is 11.9 Å². The number of aldehydes is 1. The summed E-state index contributed by atoms with van der Waals surface area (Å²) in [6.07, 6.45) is 2.87. The molecule has 1 aromatic rings. The molecule has 1 saturated heterocycles. The van der Waals surface area contributed by atoms with E-state index in [1.54, 1.807) is 19.9 Å². The summed E-state index contributed by atoms with van der Waals surface area (Å²) in [6.45, 7) is 7.14. The number of allylic oxidation sites excluding steroid dienone is 1. The fraction of sp³-hybridized carbons (Fsp3) is 0.552. The fourth-order valence-electron chi connectivity index (χ4n) is 4.68. The van der Waals surface area contributed by atoms with Crippen molar-refractivity contribution in [1.82, 2.24) is 0 Å². The van der Waals surface area contributed by atoms with Gasteiger partial charge < -0.3 is 32.9 Å². The molecule has 1 heterocycles. The van der Waals surface area contributed by atoms with E-state index in [1.807, 2.05) is 37.3 Å². The van der Waals surface area contributed by atoms with E-state index >= 15 is 0 Å². The van der Waals surface area contributed by atoms with Crippen LogP contribution in [0.5, 0.6) is 0 Å². The molecule has 0 spiro atoms. The zero-order valence-corrected chi connectivity index (χ0v) is 25.1. The SMILES string of the molecule is COC(=O)/C=C1\C[C@@H](C[C@@H](OP)[C@@H](C)OCOCc2ccccc2)O[C@@](OC)(C(C)(C)/C=C/C=O)[C@H]1OC(C)=O. The molecule has 1 fully saturated rings. The highest BCUT2D eigenvalue weighted by Gasteiger charge is 2.59. The fourth-order valence-corrected chi connectivity index (χ4v) is 5.01. The monoisotopic (exact) mass is 580 g/mol. The Morgan fingerprint density at radius 3 is 2.50 bits per heavy atom. The molecule has 0 bridgehead atoms. The van der Waals surface area contributed by atoms with E-state index in [0.717, 1.165) is 5.56 Å². The maximum Gasteiger partial charge on any atom is 0.330 e. The first kappa shape index (κ1) is 33.7. The van der Waals surface area contributed by atoms with Crippen molar-refractivity contribution < 1.29 is 47.3 Å². The minimum atomic E-state index is -1.60. The molecule has 0 amide bonds. The van der Waals surface area contributed by atoms with Crippen LogP contribution in [-0.4, -0.2) is 69.4 Å². The summed E-state index contributed by atoms with van der Waals surface area (Å²) < 4.78 is 40.3. The third-order valence-electron chi connectivity index (χ3n) is 6.79. The molecule has 6 atom stereocenters. The molecule has 0 N–H and O–H groups in total. The topological polar surface area (TPSA) is 116 Å². The van der Waals surface area contributed by atoms with Crippen LogP contribution in [0, 0.1) is 5.41 Å². The Morgan fingerprint density at radius 1 is 1.23 bits per heavy atom. The van der Waals surface area contributed by atoms with Crippen molar-refractivity contribution >= 4 is 27.7 Å². The number of esters is 2.